The van der Waals surface area contributed by atoms with Gasteiger partial charge < -0.3 is 9.64 Å². The highest BCUT2D eigenvalue weighted by Gasteiger charge is 2.21. The Bertz CT molecular complexity index is 719. The topological polar surface area (TPSA) is 32.8 Å². The number of benzene rings is 2. The number of carbonyl (C=O) groups is 1. The van der Waals surface area contributed by atoms with E-state index in [1.807, 2.05) is 11.0 Å². The number of rotatable bonds is 5. The van der Waals surface area contributed by atoms with Crippen LogP contribution in [0, 0.1) is 0 Å². The maximum atomic E-state index is 12.4. The molecule has 4 nitrogen and oxygen atoms in total. The van der Waals surface area contributed by atoms with Crippen molar-refractivity contribution in [2.75, 3.05) is 32.8 Å². The maximum Gasteiger partial charge on any atom is 0.260 e. The van der Waals surface area contributed by atoms with Crippen molar-refractivity contribution in [2.24, 2.45) is 0 Å². The van der Waals surface area contributed by atoms with Gasteiger partial charge in [0.05, 0.1) is 4.47 Å². The molecule has 3 rings (SSSR count). The van der Waals surface area contributed by atoms with Gasteiger partial charge in [0.1, 0.15) is 5.75 Å². The van der Waals surface area contributed by atoms with E-state index in [1.165, 1.54) is 5.56 Å². The number of hydrogen-bond acceptors (Lipinski definition) is 3. The molecular weight excluding hydrogens is 404 g/mol. The molecule has 132 valence electrons. The fourth-order valence-corrected chi connectivity index (χ4v) is 3.62. The van der Waals surface area contributed by atoms with Gasteiger partial charge in [0, 0.05) is 37.7 Å². The van der Waals surface area contributed by atoms with Crippen LogP contribution < -0.4 is 4.74 Å². The summed E-state index contributed by atoms with van der Waals surface area (Å²) in [5.74, 6) is 0.640. The predicted molar refractivity (Wildman–Crippen MR) is 103 cm³/mol. The van der Waals surface area contributed by atoms with Crippen LogP contribution in [-0.2, 0) is 11.3 Å². The van der Waals surface area contributed by atoms with Crippen LogP contribution in [0.25, 0.3) is 0 Å². The van der Waals surface area contributed by atoms with Crippen molar-refractivity contribution in [3.05, 3.63) is 63.6 Å². The van der Waals surface area contributed by atoms with E-state index in [9.17, 15) is 4.79 Å². The van der Waals surface area contributed by atoms with Crippen molar-refractivity contribution in [1.29, 1.82) is 0 Å². The highest BCUT2D eigenvalue weighted by molar-refractivity contribution is 9.10. The van der Waals surface area contributed by atoms with E-state index in [4.69, 9.17) is 16.3 Å². The van der Waals surface area contributed by atoms with Crippen molar-refractivity contribution < 1.29 is 9.53 Å². The first-order valence-corrected chi connectivity index (χ1v) is 9.41. The Morgan fingerprint density at radius 3 is 2.48 bits per heavy atom. The zero-order chi connectivity index (χ0) is 17.6. The van der Waals surface area contributed by atoms with Crippen molar-refractivity contribution in [2.45, 2.75) is 6.54 Å². The molecular formula is C19H20BrClN2O2. The van der Waals surface area contributed by atoms with Crippen LogP contribution in [0.5, 0.6) is 5.75 Å². The molecule has 1 aliphatic rings. The Morgan fingerprint density at radius 1 is 1.08 bits per heavy atom. The number of piperazine rings is 1. The summed E-state index contributed by atoms with van der Waals surface area (Å²) in [6.07, 6.45) is 0. The van der Waals surface area contributed by atoms with Crippen LogP contribution >= 0.6 is 27.5 Å². The summed E-state index contributed by atoms with van der Waals surface area (Å²) in [7, 11) is 0. The summed E-state index contributed by atoms with van der Waals surface area (Å²) < 4.78 is 6.37. The van der Waals surface area contributed by atoms with Crippen LogP contribution in [0.15, 0.2) is 53.0 Å². The van der Waals surface area contributed by atoms with Crippen molar-refractivity contribution in [3.8, 4) is 5.75 Å². The summed E-state index contributed by atoms with van der Waals surface area (Å²) in [5.41, 5.74) is 1.30. The third kappa shape index (κ3) is 5.21. The fraction of sp³-hybridized carbons (Fsp3) is 0.316. The Kier molecular flexibility index (Phi) is 6.34. The lowest BCUT2D eigenvalue weighted by Gasteiger charge is -2.34. The molecule has 0 spiro atoms. The molecule has 1 heterocycles. The van der Waals surface area contributed by atoms with Crippen molar-refractivity contribution >= 4 is 33.4 Å². The molecule has 0 saturated carbocycles. The van der Waals surface area contributed by atoms with E-state index < -0.39 is 0 Å². The minimum atomic E-state index is 0.0150. The van der Waals surface area contributed by atoms with Crippen LogP contribution in [0.3, 0.4) is 0 Å². The van der Waals surface area contributed by atoms with Gasteiger partial charge in [0.15, 0.2) is 6.61 Å². The minimum absolute atomic E-state index is 0.0150. The molecule has 25 heavy (non-hydrogen) atoms. The maximum absolute atomic E-state index is 12.4. The lowest BCUT2D eigenvalue weighted by Crippen LogP contribution is -2.49. The largest absolute Gasteiger partial charge is 0.483 e. The lowest BCUT2D eigenvalue weighted by molar-refractivity contribution is -0.135. The number of amides is 1. The van der Waals surface area contributed by atoms with Gasteiger partial charge in [-0.1, -0.05) is 41.9 Å². The molecule has 2 aromatic rings. The molecule has 0 aromatic heterocycles. The third-order valence-electron chi connectivity index (χ3n) is 4.22. The van der Waals surface area contributed by atoms with Gasteiger partial charge in [-0.2, -0.15) is 0 Å². The summed E-state index contributed by atoms with van der Waals surface area (Å²) >= 11 is 9.30. The first-order valence-electron chi connectivity index (χ1n) is 8.24. The zero-order valence-corrected chi connectivity index (χ0v) is 16.2. The van der Waals surface area contributed by atoms with Gasteiger partial charge in [0.25, 0.3) is 5.91 Å². The number of ether oxygens (including phenoxy) is 1. The molecule has 0 bridgehead atoms. The first-order chi connectivity index (χ1) is 12.1. The van der Waals surface area contributed by atoms with Crippen molar-refractivity contribution in [3.63, 3.8) is 0 Å². The number of hydrogen-bond donors (Lipinski definition) is 0. The highest BCUT2D eigenvalue weighted by Crippen LogP contribution is 2.28. The van der Waals surface area contributed by atoms with Gasteiger partial charge in [0.2, 0.25) is 0 Å². The molecule has 1 fully saturated rings. The summed E-state index contributed by atoms with van der Waals surface area (Å²) in [5, 5.41) is 0.625. The molecule has 0 unspecified atom stereocenters. The fourth-order valence-electron chi connectivity index (χ4n) is 2.82. The van der Waals surface area contributed by atoms with E-state index in [0.29, 0.717) is 10.8 Å². The number of halogens is 2. The lowest BCUT2D eigenvalue weighted by atomic mass is 10.2. The molecule has 1 saturated heterocycles. The van der Waals surface area contributed by atoms with Crippen LogP contribution in [-0.4, -0.2) is 48.5 Å². The van der Waals surface area contributed by atoms with E-state index >= 15 is 0 Å². The minimum Gasteiger partial charge on any atom is -0.483 e. The van der Waals surface area contributed by atoms with Gasteiger partial charge in [-0.3, -0.25) is 9.69 Å². The van der Waals surface area contributed by atoms with E-state index in [-0.39, 0.29) is 12.5 Å². The second-order valence-electron chi connectivity index (χ2n) is 6.01. The van der Waals surface area contributed by atoms with Gasteiger partial charge in [-0.25, -0.2) is 0 Å². The molecule has 2 aromatic carbocycles. The van der Waals surface area contributed by atoms with E-state index in [2.05, 4.69) is 45.1 Å². The monoisotopic (exact) mass is 422 g/mol. The number of nitrogens with zero attached hydrogens (tertiary/aromatic N) is 2. The predicted octanol–water partition coefficient (Wildman–Crippen LogP) is 3.83. The van der Waals surface area contributed by atoms with E-state index in [0.717, 1.165) is 37.2 Å². The highest BCUT2D eigenvalue weighted by atomic mass is 79.9. The SMILES string of the molecule is O=C(COc1ccc(Cl)cc1Br)N1CCN(Cc2ccccc2)CC1. The Hall–Kier alpha value is -1.56. The van der Waals surface area contributed by atoms with Gasteiger partial charge in [-0.15, -0.1) is 0 Å². The van der Waals surface area contributed by atoms with Crippen LogP contribution in [0.1, 0.15) is 5.56 Å². The Morgan fingerprint density at radius 2 is 1.80 bits per heavy atom. The van der Waals surface area contributed by atoms with Gasteiger partial charge >= 0.3 is 0 Å². The molecule has 0 N–H and O–H groups in total. The number of carbonyl (C=O) groups excluding carboxylic acids is 1. The zero-order valence-electron chi connectivity index (χ0n) is 13.8. The summed E-state index contributed by atoms with van der Waals surface area (Å²) in [4.78, 5) is 16.6. The molecule has 1 aliphatic heterocycles. The second-order valence-corrected chi connectivity index (χ2v) is 7.30. The summed E-state index contributed by atoms with van der Waals surface area (Å²) in [6, 6.07) is 15.7. The first kappa shape index (κ1) is 18.2. The smallest absolute Gasteiger partial charge is 0.260 e. The summed E-state index contributed by atoms with van der Waals surface area (Å²) in [6.45, 7) is 4.19. The third-order valence-corrected chi connectivity index (χ3v) is 5.07. The standard InChI is InChI=1S/C19H20BrClN2O2/c20-17-12-16(21)6-7-18(17)25-14-19(24)23-10-8-22(9-11-23)13-15-4-2-1-3-5-15/h1-7,12H,8-11,13-14H2. The molecule has 6 heteroatoms. The van der Waals surface area contributed by atoms with Crippen LogP contribution in [0.2, 0.25) is 5.02 Å². The molecule has 0 atom stereocenters. The van der Waals surface area contributed by atoms with Gasteiger partial charge in [-0.05, 0) is 39.7 Å². The molecule has 0 aliphatic carbocycles. The average Bonchev–Trinajstić information content (AvgIpc) is 2.62. The molecule has 1 amide bonds. The normalized spacial score (nSPS) is 15.2. The Labute approximate surface area is 161 Å². The Balaban J connectivity index is 1.45. The average molecular weight is 424 g/mol. The van der Waals surface area contributed by atoms with Crippen LogP contribution in [0.4, 0.5) is 0 Å². The van der Waals surface area contributed by atoms with E-state index in [1.54, 1.807) is 18.2 Å². The quantitative estimate of drug-likeness (QED) is 0.733. The molecule has 0 radical (unpaired) electrons. The second kappa shape index (κ2) is 8.70. The van der Waals surface area contributed by atoms with Crippen molar-refractivity contribution in [1.82, 2.24) is 9.80 Å².